The molecule has 16 heteroatoms. The summed E-state index contributed by atoms with van der Waals surface area (Å²) in [7, 11) is 1.28. The molecule has 1 aromatic heterocycles. The summed E-state index contributed by atoms with van der Waals surface area (Å²) in [6.07, 6.45) is 1.82. The molecule has 0 N–H and O–H groups in total. The summed E-state index contributed by atoms with van der Waals surface area (Å²) >= 11 is 0. The molecule has 52 heavy (non-hydrogen) atoms. The Bertz CT molecular complexity index is 1930. The minimum atomic E-state index is -4.46. The van der Waals surface area contributed by atoms with Gasteiger partial charge in [0.1, 0.15) is 11.1 Å². The number of sulfonamides is 1. The maximum absolute atomic E-state index is 14.3. The Morgan fingerprint density at radius 2 is 1.71 bits per heavy atom. The van der Waals surface area contributed by atoms with Crippen LogP contribution in [0.1, 0.15) is 58.2 Å². The van der Waals surface area contributed by atoms with Crippen LogP contribution in [0.2, 0.25) is 0 Å². The van der Waals surface area contributed by atoms with Gasteiger partial charge in [-0.1, -0.05) is 18.2 Å². The summed E-state index contributed by atoms with van der Waals surface area (Å²) in [5, 5.41) is 12.5. The number of aromatic nitrogens is 1. The van der Waals surface area contributed by atoms with Crippen molar-refractivity contribution in [2.45, 2.75) is 70.2 Å². The van der Waals surface area contributed by atoms with Gasteiger partial charge in [-0.3, -0.25) is 14.9 Å². The number of carbonyl (C=O) groups is 2. The standard InChI is InChI=1S/C36H47N3O12S/c1-9-50-30(40)23-36(33(48-7)49-8)19-12-21-37(52(44,45)29-14-11-10-13-27(29)39(42)43)22-18-24-25-15-16-28(46-5)32(47-6)31(25)38(26(24)17-20-36)34(41)51-35(2,3)4/h10-11,13-17,20,33H,9,12,18-19,21-23H2,1-8H3/b20-17-/t36-/m1/s1. The van der Waals surface area contributed by atoms with E-state index in [1.165, 1.54) is 55.5 Å². The van der Waals surface area contributed by atoms with Crippen LogP contribution in [0.3, 0.4) is 0 Å². The van der Waals surface area contributed by atoms with Gasteiger partial charge >= 0.3 is 12.1 Å². The van der Waals surface area contributed by atoms with E-state index in [2.05, 4.69) is 0 Å². The van der Waals surface area contributed by atoms with Crippen LogP contribution in [0.15, 0.2) is 47.4 Å². The third-order valence-corrected chi connectivity index (χ3v) is 10.7. The number of methoxy groups -OCH3 is 4. The third-order valence-electron chi connectivity index (χ3n) is 8.78. The van der Waals surface area contributed by atoms with Crippen molar-refractivity contribution < 1.29 is 51.4 Å². The van der Waals surface area contributed by atoms with Gasteiger partial charge in [0.05, 0.1) is 43.3 Å². The average molecular weight is 746 g/mol. The van der Waals surface area contributed by atoms with Crippen molar-refractivity contribution in [1.82, 2.24) is 8.87 Å². The van der Waals surface area contributed by atoms with Crippen LogP contribution in [-0.2, 0) is 40.2 Å². The Kier molecular flexibility index (Phi) is 12.7. The van der Waals surface area contributed by atoms with Gasteiger partial charge in [0.2, 0.25) is 10.0 Å². The van der Waals surface area contributed by atoms with Crippen LogP contribution in [0.4, 0.5) is 10.5 Å². The molecule has 1 atom stereocenters. The first kappa shape index (κ1) is 40.3. The number of hydrogen-bond donors (Lipinski definition) is 0. The summed E-state index contributed by atoms with van der Waals surface area (Å²) in [6.45, 7) is 6.77. The molecule has 4 rings (SSSR count). The van der Waals surface area contributed by atoms with Crippen molar-refractivity contribution >= 4 is 44.8 Å². The fourth-order valence-electron chi connectivity index (χ4n) is 6.64. The minimum absolute atomic E-state index is 0.0597. The minimum Gasteiger partial charge on any atom is -0.493 e. The molecule has 2 aromatic carbocycles. The number of carbonyl (C=O) groups excluding carboxylic acids is 2. The van der Waals surface area contributed by atoms with E-state index in [4.69, 9.17) is 28.4 Å². The fourth-order valence-corrected chi connectivity index (χ4v) is 8.28. The number of benzene rings is 2. The summed E-state index contributed by atoms with van der Waals surface area (Å²) in [5.41, 5.74) is -1.55. The van der Waals surface area contributed by atoms with Gasteiger partial charge < -0.3 is 28.4 Å². The molecule has 284 valence electrons. The smallest absolute Gasteiger partial charge is 0.419 e. The molecule has 15 nitrogen and oxygen atoms in total. The SMILES string of the molecule is CCOC(=O)C[C@]1(C(OC)OC)/C=C\c2c(c3ccc(OC)c(OC)c3n2C(=O)OC(C)(C)C)CCN(S(=O)(=O)c2ccccc2[N+](=O)[O-])CCC1. The van der Waals surface area contributed by atoms with Gasteiger partial charge in [0.25, 0.3) is 5.69 Å². The molecule has 2 heterocycles. The van der Waals surface area contributed by atoms with Crippen LogP contribution in [0.5, 0.6) is 11.5 Å². The van der Waals surface area contributed by atoms with E-state index >= 15 is 0 Å². The molecule has 0 saturated heterocycles. The van der Waals surface area contributed by atoms with Crippen molar-refractivity contribution in [2.24, 2.45) is 5.41 Å². The Morgan fingerprint density at radius 3 is 2.31 bits per heavy atom. The van der Waals surface area contributed by atoms with Crippen LogP contribution in [0, 0.1) is 15.5 Å². The molecule has 3 aromatic rings. The molecule has 0 aliphatic carbocycles. The number of nitro groups is 1. The van der Waals surface area contributed by atoms with E-state index in [0.717, 1.165) is 6.07 Å². The van der Waals surface area contributed by atoms with Crippen molar-refractivity contribution in [3.05, 3.63) is 63.8 Å². The van der Waals surface area contributed by atoms with Crippen molar-refractivity contribution in [2.75, 3.05) is 48.1 Å². The molecule has 0 amide bonds. The largest absolute Gasteiger partial charge is 0.493 e. The van der Waals surface area contributed by atoms with Gasteiger partial charge in [-0.25, -0.2) is 17.8 Å². The van der Waals surface area contributed by atoms with E-state index in [9.17, 15) is 28.1 Å². The summed E-state index contributed by atoms with van der Waals surface area (Å²) < 4.78 is 65.3. The number of ether oxygens (including phenoxy) is 6. The van der Waals surface area contributed by atoms with Crippen molar-refractivity contribution in [3.63, 3.8) is 0 Å². The third kappa shape index (κ3) is 8.25. The highest BCUT2D eigenvalue weighted by Gasteiger charge is 2.42. The lowest BCUT2D eigenvalue weighted by Gasteiger charge is -2.36. The highest BCUT2D eigenvalue weighted by atomic mass is 32.2. The summed E-state index contributed by atoms with van der Waals surface area (Å²) in [6, 6.07) is 8.58. The van der Waals surface area contributed by atoms with E-state index in [0.29, 0.717) is 27.9 Å². The summed E-state index contributed by atoms with van der Waals surface area (Å²) in [4.78, 5) is 38.2. The van der Waals surface area contributed by atoms with Gasteiger partial charge in [0, 0.05) is 38.8 Å². The zero-order chi connectivity index (χ0) is 38.4. The zero-order valence-electron chi connectivity index (χ0n) is 30.8. The van der Waals surface area contributed by atoms with Gasteiger partial charge in [0.15, 0.2) is 22.7 Å². The molecule has 0 unspecified atom stereocenters. The number of esters is 1. The van der Waals surface area contributed by atoms with Crippen LogP contribution in [0.25, 0.3) is 17.0 Å². The second kappa shape index (κ2) is 16.4. The number of para-hydroxylation sites is 1. The fraction of sp³-hybridized carbons (Fsp3) is 0.500. The average Bonchev–Trinajstić information content (AvgIpc) is 3.39. The second-order valence-corrected chi connectivity index (χ2v) is 15.1. The lowest BCUT2D eigenvalue weighted by molar-refractivity contribution is -0.387. The van der Waals surface area contributed by atoms with Crippen molar-refractivity contribution in [3.8, 4) is 11.5 Å². The van der Waals surface area contributed by atoms with Crippen molar-refractivity contribution in [1.29, 1.82) is 0 Å². The van der Waals surface area contributed by atoms with Gasteiger partial charge in [-0.05, 0) is 76.8 Å². The Hall–Kier alpha value is -4.51. The van der Waals surface area contributed by atoms with Crippen LogP contribution < -0.4 is 9.47 Å². The molecule has 0 fully saturated rings. The Morgan fingerprint density at radius 1 is 1.02 bits per heavy atom. The molecule has 1 aliphatic rings. The number of nitrogens with zero attached hydrogens (tertiary/aromatic N) is 3. The first-order valence-corrected chi connectivity index (χ1v) is 18.2. The number of rotatable bonds is 11. The van der Waals surface area contributed by atoms with Gasteiger partial charge in [-0.15, -0.1) is 0 Å². The maximum Gasteiger partial charge on any atom is 0.419 e. The van der Waals surface area contributed by atoms with Gasteiger partial charge in [-0.2, -0.15) is 4.31 Å². The van der Waals surface area contributed by atoms with Crippen LogP contribution >= 0.6 is 0 Å². The van der Waals surface area contributed by atoms with E-state index < -0.39 is 54.9 Å². The lowest BCUT2D eigenvalue weighted by Crippen LogP contribution is -2.40. The highest BCUT2D eigenvalue weighted by Crippen LogP contribution is 2.43. The Labute approximate surface area is 303 Å². The second-order valence-electron chi connectivity index (χ2n) is 13.2. The molecule has 1 aliphatic heterocycles. The molecule has 0 radical (unpaired) electrons. The maximum atomic E-state index is 14.3. The topological polar surface area (TPSA) is 175 Å². The molecular formula is C36H47N3O12S. The quantitative estimate of drug-likeness (QED) is 0.0978. The first-order chi connectivity index (χ1) is 24.6. The van der Waals surface area contributed by atoms with E-state index in [-0.39, 0.29) is 51.1 Å². The molecule has 0 saturated carbocycles. The van der Waals surface area contributed by atoms with E-state index in [1.807, 2.05) is 0 Å². The van der Waals surface area contributed by atoms with Crippen LogP contribution in [-0.4, -0.2) is 94.3 Å². The highest BCUT2D eigenvalue weighted by molar-refractivity contribution is 7.89. The zero-order valence-corrected chi connectivity index (χ0v) is 31.6. The predicted molar refractivity (Wildman–Crippen MR) is 192 cm³/mol. The molecule has 0 bridgehead atoms. The monoisotopic (exact) mass is 745 g/mol. The first-order valence-electron chi connectivity index (χ1n) is 16.7. The predicted octanol–water partition coefficient (Wildman–Crippen LogP) is 5.95. The summed E-state index contributed by atoms with van der Waals surface area (Å²) in [5.74, 6) is 0.00842. The Balaban J connectivity index is 2.10. The lowest BCUT2D eigenvalue weighted by atomic mass is 9.78. The number of hydrogen-bond acceptors (Lipinski definition) is 12. The normalized spacial score (nSPS) is 17.9. The molecule has 0 spiro atoms. The number of nitro benzene ring substituents is 1. The molecular weight excluding hydrogens is 698 g/mol. The van der Waals surface area contributed by atoms with E-state index in [1.54, 1.807) is 52.0 Å². The number of fused-ring (bicyclic) bond motifs is 3.